The second-order valence-corrected chi connectivity index (χ2v) is 18.7. The standard InChI is InChI=1S/C44H66O4/c1-28(2)31-12-16-35-33(26-31)14-18-37-41(35,6)20-10-22-43(37,8)47-39(45)24-30(5)25-40(46)48-44(9)23-11-21-42(7)36-17-13-32(29(3)4)27-34(36)15-19-38(42)44/h14-15,26-30,35-38H,10-13,16-25H2,1-9H3. The van der Waals surface area contributed by atoms with Gasteiger partial charge in [-0.15, -0.1) is 0 Å². The molecule has 0 aliphatic heterocycles. The first kappa shape index (κ1) is 35.7. The normalized spacial score (nSPS) is 39.8. The van der Waals surface area contributed by atoms with Crippen LogP contribution in [0.3, 0.4) is 0 Å². The van der Waals surface area contributed by atoms with Crippen molar-refractivity contribution in [3.8, 4) is 0 Å². The molecule has 0 aromatic rings. The number of ether oxygens (including phenoxy) is 2. The molecule has 0 aromatic heterocycles. The fraction of sp³-hybridized carbons (Fsp3) is 0.773. The number of hydrogen-bond acceptors (Lipinski definition) is 4. The van der Waals surface area contributed by atoms with Crippen molar-refractivity contribution in [3.63, 3.8) is 0 Å². The molecular weight excluding hydrogens is 592 g/mol. The van der Waals surface area contributed by atoms with E-state index in [1.54, 1.807) is 11.1 Å². The van der Waals surface area contributed by atoms with Crippen molar-refractivity contribution in [1.29, 1.82) is 0 Å². The number of rotatable bonds is 8. The van der Waals surface area contributed by atoms with E-state index < -0.39 is 11.2 Å². The lowest BCUT2D eigenvalue weighted by molar-refractivity contribution is -0.185. The second kappa shape index (κ2) is 13.2. The SMILES string of the molecule is CC(CC(=O)OC1(C)CCCC2(C)C3CCC(C(C)C)=CC3=CCC12)CC(=O)OC1(C)CCCC2(C)C3CCC(C(C)C)=CC3=CCC12. The highest BCUT2D eigenvalue weighted by atomic mass is 16.6. The average Bonchev–Trinajstić information content (AvgIpc) is 2.99. The molecule has 4 heteroatoms. The maximum atomic E-state index is 13.6. The van der Waals surface area contributed by atoms with E-state index in [-0.39, 0.29) is 41.5 Å². The van der Waals surface area contributed by atoms with Gasteiger partial charge in [-0.05, 0) is 142 Å². The van der Waals surface area contributed by atoms with Gasteiger partial charge in [-0.2, -0.15) is 0 Å². The van der Waals surface area contributed by atoms with Crippen LogP contribution in [0.4, 0.5) is 0 Å². The van der Waals surface area contributed by atoms with Gasteiger partial charge in [-0.1, -0.05) is 83.9 Å². The monoisotopic (exact) mass is 658 g/mol. The Kier molecular flexibility index (Phi) is 9.84. The van der Waals surface area contributed by atoms with Crippen LogP contribution in [-0.2, 0) is 19.1 Å². The van der Waals surface area contributed by atoms with Crippen LogP contribution in [0, 0.1) is 52.3 Å². The summed E-state index contributed by atoms with van der Waals surface area (Å²) in [4.78, 5) is 27.1. The van der Waals surface area contributed by atoms with Gasteiger partial charge in [0.25, 0.3) is 0 Å². The fourth-order valence-electron chi connectivity index (χ4n) is 12.1. The van der Waals surface area contributed by atoms with Crippen molar-refractivity contribution in [2.75, 3.05) is 0 Å². The van der Waals surface area contributed by atoms with Gasteiger partial charge in [0.15, 0.2) is 0 Å². The van der Waals surface area contributed by atoms with Crippen LogP contribution in [0.1, 0.15) is 152 Å². The Morgan fingerprint density at radius 1 is 0.667 bits per heavy atom. The molecule has 0 heterocycles. The Morgan fingerprint density at radius 2 is 1.06 bits per heavy atom. The Balaban J connectivity index is 1.07. The molecule has 0 amide bonds. The van der Waals surface area contributed by atoms with E-state index in [2.05, 4.69) is 79.7 Å². The molecule has 2 fully saturated rings. The summed E-state index contributed by atoms with van der Waals surface area (Å²) in [5.74, 6) is 2.52. The lowest BCUT2D eigenvalue weighted by Gasteiger charge is -2.57. The van der Waals surface area contributed by atoms with Crippen LogP contribution in [-0.4, -0.2) is 23.1 Å². The number of esters is 2. The van der Waals surface area contributed by atoms with Gasteiger partial charge in [-0.3, -0.25) is 9.59 Å². The third-order valence-corrected chi connectivity index (χ3v) is 14.8. The Morgan fingerprint density at radius 3 is 1.44 bits per heavy atom. The largest absolute Gasteiger partial charge is 0.459 e. The molecule has 6 aliphatic carbocycles. The third-order valence-electron chi connectivity index (χ3n) is 14.8. The molecule has 6 aliphatic rings. The topological polar surface area (TPSA) is 52.6 Å². The molecule has 8 unspecified atom stereocenters. The molecule has 0 N–H and O–H groups in total. The maximum absolute atomic E-state index is 13.6. The summed E-state index contributed by atoms with van der Waals surface area (Å²) in [6.45, 7) is 20.6. The summed E-state index contributed by atoms with van der Waals surface area (Å²) in [5, 5.41) is 0. The first-order valence-corrected chi connectivity index (χ1v) is 19.8. The minimum atomic E-state index is -0.466. The maximum Gasteiger partial charge on any atom is 0.306 e. The van der Waals surface area contributed by atoms with Crippen LogP contribution < -0.4 is 0 Å². The van der Waals surface area contributed by atoms with E-state index in [1.807, 2.05) is 6.92 Å². The van der Waals surface area contributed by atoms with Crippen molar-refractivity contribution < 1.29 is 19.1 Å². The average molecular weight is 659 g/mol. The quantitative estimate of drug-likeness (QED) is 0.244. The minimum Gasteiger partial charge on any atom is -0.459 e. The molecule has 8 atom stereocenters. The van der Waals surface area contributed by atoms with Gasteiger partial charge in [0.05, 0.1) is 0 Å². The lowest BCUT2D eigenvalue weighted by atomic mass is 9.50. The molecule has 266 valence electrons. The van der Waals surface area contributed by atoms with Crippen molar-refractivity contribution in [2.45, 2.75) is 163 Å². The molecule has 2 saturated carbocycles. The van der Waals surface area contributed by atoms with E-state index in [0.29, 0.717) is 35.5 Å². The number of allylic oxidation sites excluding steroid dienone is 8. The third kappa shape index (κ3) is 6.45. The van der Waals surface area contributed by atoms with Gasteiger partial charge >= 0.3 is 11.9 Å². The minimum absolute atomic E-state index is 0.117. The van der Waals surface area contributed by atoms with Crippen LogP contribution >= 0.6 is 0 Å². The van der Waals surface area contributed by atoms with E-state index in [1.165, 1.54) is 49.7 Å². The van der Waals surface area contributed by atoms with E-state index >= 15 is 0 Å². The van der Waals surface area contributed by atoms with Crippen LogP contribution in [0.2, 0.25) is 0 Å². The summed E-state index contributed by atoms with van der Waals surface area (Å²) in [6.07, 6.45) is 23.6. The highest BCUT2D eigenvalue weighted by Crippen LogP contribution is 2.62. The Hall–Kier alpha value is -2.10. The van der Waals surface area contributed by atoms with Crippen molar-refractivity contribution in [3.05, 3.63) is 46.6 Å². The molecule has 0 spiro atoms. The van der Waals surface area contributed by atoms with Gasteiger partial charge in [0.2, 0.25) is 0 Å². The smallest absolute Gasteiger partial charge is 0.306 e. The van der Waals surface area contributed by atoms with E-state index in [4.69, 9.17) is 9.47 Å². The second-order valence-electron chi connectivity index (χ2n) is 18.7. The molecule has 0 radical (unpaired) electrons. The Labute approximate surface area is 292 Å². The van der Waals surface area contributed by atoms with Gasteiger partial charge in [-0.25, -0.2) is 0 Å². The van der Waals surface area contributed by atoms with E-state index in [9.17, 15) is 9.59 Å². The summed E-state index contributed by atoms with van der Waals surface area (Å²) >= 11 is 0. The highest BCUT2D eigenvalue weighted by molar-refractivity contribution is 5.74. The molecule has 0 bridgehead atoms. The number of fused-ring (bicyclic) bond motifs is 6. The van der Waals surface area contributed by atoms with Crippen molar-refractivity contribution in [1.82, 2.24) is 0 Å². The van der Waals surface area contributed by atoms with Gasteiger partial charge in [0.1, 0.15) is 11.2 Å². The zero-order valence-electron chi connectivity index (χ0n) is 31.9. The predicted molar refractivity (Wildman–Crippen MR) is 195 cm³/mol. The van der Waals surface area contributed by atoms with Gasteiger partial charge < -0.3 is 9.47 Å². The molecule has 48 heavy (non-hydrogen) atoms. The number of hydrogen-bond donors (Lipinski definition) is 0. The summed E-state index contributed by atoms with van der Waals surface area (Å²) < 4.78 is 13.0. The molecule has 0 aromatic carbocycles. The zero-order chi connectivity index (χ0) is 34.6. The number of carbonyl (C=O) groups excluding carboxylic acids is 2. The summed E-state index contributed by atoms with van der Waals surface area (Å²) in [7, 11) is 0. The first-order valence-electron chi connectivity index (χ1n) is 19.8. The lowest BCUT2D eigenvalue weighted by Crippen LogP contribution is -2.55. The van der Waals surface area contributed by atoms with Crippen LogP contribution in [0.15, 0.2) is 46.6 Å². The molecule has 0 saturated heterocycles. The highest BCUT2D eigenvalue weighted by Gasteiger charge is 2.57. The fourth-order valence-corrected chi connectivity index (χ4v) is 12.1. The number of carbonyl (C=O) groups is 2. The van der Waals surface area contributed by atoms with Crippen molar-refractivity contribution >= 4 is 11.9 Å². The summed E-state index contributed by atoms with van der Waals surface area (Å²) in [5.41, 5.74) is 5.58. The molecular formula is C44H66O4. The zero-order valence-corrected chi connectivity index (χ0v) is 31.9. The van der Waals surface area contributed by atoms with Gasteiger partial charge in [0, 0.05) is 24.7 Å². The van der Waals surface area contributed by atoms with E-state index in [0.717, 1.165) is 38.5 Å². The Bertz CT molecular complexity index is 1290. The van der Waals surface area contributed by atoms with Crippen molar-refractivity contribution in [2.24, 2.45) is 52.3 Å². The van der Waals surface area contributed by atoms with Crippen LogP contribution in [0.25, 0.3) is 0 Å². The predicted octanol–water partition coefficient (Wildman–Crippen LogP) is 11.3. The molecule has 6 rings (SSSR count). The summed E-state index contributed by atoms with van der Waals surface area (Å²) in [6, 6.07) is 0. The molecule has 4 nitrogen and oxygen atoms in total. The first-order chi connectivity index (χ1) is 22.6. The van der Waals surface area contributed by atoms with Crippen LogP contribution in [0.5, 0.6) is 0 Å².